The van der Waals surface area contributed by atoms with Crippen LogP contribution in [0.5, 0.6) is 0 Å². The summed E-state index contributed by atoms with van der Waals surface area (Å²) in [6, 6.07) is 1.34. The van der Waals surface area contributed by atoms with Crippen molar-refractivity contribution in [3.8, 4) is 5.69 Å². The van der Waals surface area contributed by atoms with Crippen LogP contribution in [0.25, 0.3) is 5.69 Å². The average Bonchev–Trinajstić information content (AvgIpc) is 2.84. The summed E-state index contributed by atoms with van der Waals surface area (Å²) in [6.07, 6.45) is 0. The highest BCUT2D eigenvalue weighted by Gasteiger charge is 2.21. The lowest BCUT2D eigenvalue weighted by atomic mass is 10.2. The number of rotatable bonds is 5. The molecule has 1 aromatic heterocycles. The Kier molecular flexibility index (Phi) is 4.17. The van der Waals surface area contributed by atoms with Gasteiger partial charge in [-0.3, -0.25) is 10.1 Å². The van der Waals surface area contributed by atoms with E-state index in [1.165, 1.54) is 0 Å². The second-order valence-electron chi connectivity index (χ2n) is 4.55. The molecule has 0 amide bonds. The topological polar surface area (TPSA) is 98.8 Å². The van der Waals surface area contributed by atoms with Gasteiger partial charge in [0, 0.05) is 18.2 Å². The minimum atomic E-state index is -1.25. The fourth-order valence-corrected chi connectivity index (χ4v) is 1.63. The summed E-state index contributed by atoms with van der Waals surface area (Å²) in [5.41, 5.74) is -1.13. The fraction of sp³-hybridized carbons (Fsp3) is 0.364. The summed E-state index contributed by atoms with van der Waals surface area (Å²) in [6.45, 7) is 4.03. The molecule has 1 aromatic carbocycles. The summed E-state index contributed by atoms with van der Waals surface area (Å²) in [5, 5.41) is 24.5. The van der Waals surface area contributed by atoms with Crippen molar-refractivity contribution in [3.05, 3.63) is 39.7 Å². The molecular weight excluding hydrogens is 286 g/mol. The van der Waals surface area contributed by atoms with Crippen molar-refractivity contribution in [2.45, 2.75) is 26.4 Å². The second kappa shape index (κ2) is 5.87. The number of hydrogen-bond donors (Lipinski definition) is 1. The molecule has 8 nitrogen and oxygen atoms in total. The van der Waals surface area contributed by atoms with Crippen LogP contribution in [0, 0.1) is 21.7 Å². The molecule has 0 fully saturated rings. The van der Waals surface area contributed by atoms with Crippen LogP contribution in [-0.2, 0) is 6.54 Å². The van der Waals surface area contributed by atoms with Crippen LogP contribution < -0.4 is 5.32 Å². The fourth-order valence-electron chi connectivity index (χ4n) is 1.63. The Balaban J connectivity index is 2.45. The molecule has 2 aromatic rings. The minimum absolute atomic E-state index is 0.141. The zero-order chi connectivity index (χ0) is 15.6. The Bertz CT molecular complexity index is 673. The van der Waals surface area contributed by atoms with Crippen molar-refractivity contribution >= 4 is 5.69 Å². The van der Waals surface area contributed by atoms with Crippen LogP contribution in [0.3, 0.4) is 0 Å². The highest BCUT2D eigenvalue weighted by molar-refractivity contribution is 5.45. The number of tetrazole rings is 1. The van der Waals surface area contributed by atoms with E-state index >= 15 is 0 Å². The SMILES string of the molecule is CC(C)NCc1nnnn1-c1cc([N+](=O)[O-])c(F)cc1F. The summed E-state index contributed by atoms with van der Waals surface area (Å²) in [4.78, 5) is 9.79. The first-order chi connectivity index (χ1) is 9.90. The van der Waals surface area contributed by atoms with Gasteiger partial charge >= 0.3 is 5.69 Å². The van der Waals surface area contributed by atoms with Gasteiger partial charge in [0.05, 0.1) is 11.5 Å². The van der Waals surface area contributed by atoms with Crippen molar-refractivity contribution < 1.29 is 13.7 Å². The van der Waals surface area contributed by atoms with Gasteiger partial charge in [0.25, 0.3) is 0 Å². The Hall–Kier alpha value is -2.49. The van der Waals surface area contributed by atoms with Crippen LogP contribution in [0.1, 0.15) is 19.7 Å². The van der Waals surface area contributed by atoms with Gasteiger partial charge in [-0.1, -0.05) is 13.8 Å². The number of nitrogens with zero attached hydrogens (tertiary/aromatic N) is 5. The Morgan fingerprint density at radius 2 is 2.10 bits per heavy atom. The van der Waals surface area contributed by atoms with Crippen LogP contribution in [-0.4, -0.2) is 31.2 Å². The molecule has 0 aliphatic rings. The maximum absolute atomic E-state index is 13.8. The van der Waals surface area contributed by atoms with Gasteiger partial charge in [0.1, 0.15) is 5.69 Å². The molecule has 0 unspecified atom stereocenters. The molecule has 0 radical (unpaired) electrons. The predicted molar refractivity (Wildman–Crippen MR) is 67.7 cm³/mol. The van der Waals surface area contributed by atoms with Gasteiger partial charge in [0.2, 0.25) is 5.82 Å². The molecule has 0 spiro atoms. The molecule has 1 N–H and O–H groups in total. The zero-order valence-corrected chi connectivity index (χ0v) is 11.2. The number of nitro benzene ring substituents is 1. The average molecular weight is 298 g/mol. The van der Waals surface area contributed by atoms with E-state index in [9.17, 15) is 18.9 Å². The molecule has 0 atom stereocenters. The highest BCUT2D eigenvalue weighted by atomic mass is 19.1. The third kappa shape index (κ3) is 3.16. The van der Waals surface area contributed by atoms with Gasteiger partial charge in [-0.05, 0) is 10.4 Å². The smallest absolute Gasteiger partial charge is 0.307 e. The van der Waals surface area contributed by atoms with Crippen molar-refractivity contribution in [2.75, 3.05) is 0 Å². The molecule has 0 saturated carbocycles. The molecule has 0 aliphatic carbocycles. The van der Waals surface area contributed by atoms with E-state index in [2.05, 4.69) is 20.8 Å². The van der Waals surface area contributed by atoms with E-state index in [1.54, 1.807) is 0 Å². The van der Waals surface area contributed by atoms with Crippen LogP contribution in [0.15, 0.2) is 12.1 Å². The third-order valence-electron chi connectivity index (χ3n) is 2.64. The highest BCUT2D eigenvalue weighted by Crippen LogP contribution is 2.24. The Morgan fingerprint density at radius 3 is 2.71 bits per heavy atom. The molecule has 0 saturated heterocycles. The standard InChI is InChI=1S/C11H12F2N6O2/c1-6(2)14-5-11-15-16-17-18(11)9-4-10(19(20)21)8(13)3-7(9)12/h3-4,6,14H,5H2,1-2H3. The summed E-state index contributed by atoms with van der Waals surface area (Å²) in [7, 11) is 0. The number of nitrogens with one attached hydrogen (secondary N) is 1. The number of benzene rings is 1. The molecule has 112 valence electrons. The van der Waals surface area contributed by atoms with Gasteiger partial charge < -0.3 is 5.32 Å². The normalized spacial score (nSPS) is 11.1. The summed E-state index contributed by atoms with van der Waals surface area (Å²) < 4.78 is 28.2. The van der Waals surface area contributed by atoms with Crippen molar-refractivity contribution in [1.82, 2.24) is 25.5 Å². The molecule has 2 rings (SSSR count). The molecule has 10 heteroatoms. The molecule has 0 aliphatic heterocycles. The number of nitro groups is 1. The largest absolute Gasteiger partial charge is 0.308 e. The monoisotopic (exact) mass is 298 g/mol. The lowest BCUT2D eigenvalue weighted by molar-refractivity contribution is -0.387. The third-order valence-corrected chi connectivity index (χ3v) is 2.64. The second-order valence-corrected chi connectivity index (χ2v) is 4.55. The predicted octanol–water partition coefficient (Wildman–Crippen LogP) is 1.35. The zero-order valence-electron chi connectivity index (χ0n) is 11.2. The summed E-state index contributed by atoms with van der Waals surface area (Å²) in [5.74, 6) is -1.99. The van der Waals surface area contributed by atoms with E-state index in [-0.39, 0.29) is 24.1 Å². The van der Waals surface area contributed by atoms with E-state index in [1.807, 2.05) is 13.8 Å². The molecule has 21 heavy (non-hydrogen) atoms. The van der Waals surface area contributed by atoms with E-state index in [4.69, 9.17) is 0 Å². The molecule has 1 heterocycles. The first-order valence-corrected chi connectivity index (χ1v) is 6.04. The van der Waals surface area contributed by atoms with Crippen LogP contribution in [0.2, 0.25) is 0 Å². The first-order valence-electron chi connectivity index (χ1n) is 6.04. The van der Waals surface area contributed by atoms with Gasteiger partial charge in [-0.15, -0.1) is 5.10 Å². The lowest BCUT2D eigenvalue weighted by Crippen LogP contribution is -2.24. The Labute approximate surface area is 117 Å². The molecular formula is C11H12F2N6O2. The van der Waals surface area contributed by atoms with Crippen molar-refractivity contribution in [3.63, 3.8) is 0 Å². The van der Waals surface area contributed by atoms with E-state index in [0.717, 1.165) is 10.7 Å². The van der Waals surface area contributed by atoms with Crippen LogP contribution >= 0.6 is 0 Å². The number of aromatic nitrogens is 4. The lowest BCUT2D eigenvalue weighted by Gasteiger charge is -2.09. The minimum Gasteiger partial charge on any atom is -0.308 e. The van der Waals surface area contributed by atoms with Gasteiger partial charge in [0.15, 0.2) is 11.6 Å². The number of halogens is 2. The van der Waals surface area contributed by atoms with Crippen molar-refractivity contribution in [2.24, 2.45) is 0 Å². The maximum Gasteiger partial charge on any atom is 0.307 e. The first kappa shape index (κ1) is 14.9. The Morgan fingerprint density at radius 1 is 1.38 bits per heavy atom. The van der Waals surface area contributed by atoms with E-state index in [0.29, 0.717) is 6.07 Å². The van der Waals surface area contributed by atoms with Gasteiger partial charge in [-0.25, -0.2) is 4.39 Å². The summed E-state index contributed by atoms with van der Waals surface area (Å²) >= 11 is 0. The van der Waals surface area contributed by atoms with Gasteiger partial charge in [-0.2, -0.15) is 9.07 Å². The van der Waals surface area contributed by atoms with Crippen LogP contribution in [0.4, 0.5) is 14.5 Å². The molecule has 0 bridgehead atoms. The number of hydrogen-bond acceptors (Lipinski definition) is 6. The quantitative estimate of drug-likeness (QED) is 0.660. The van der Waals surface area contributed by atoms with E-state index < -0.39 is 22.2 Å². The maximum atomic E-state index is 13.8. The van der Waals surface area contributed by atoms with Crippen molar-refractivity contribution in [1.29, 1.82) is 0 Å².